The second-order valence-corrected chi connectivity index (χ2v) is 5.15. The number of hydrogen-bond acceptors (Lipinski definition) is 4. The highest BCUT2D eigenvalue weighted by atomic mass is 79.9. The highest BCUT2D eigenvalue weighted by molar-refractivity contribution is 9.11. The average Bonchev–Trinajstić information content (AvgIpc) is 2.37. The number of carbonyl (C=O) groups excluding carboxylic acids is 1. The monoisotopic (exact) mass is 380 g/mol. The summed E-state index contributed by atoms with van der Waals surface area (Å²) in [7, 11) is 2.98. The Hall–Kier alpha value is -0.750. The molecule has 0 fully saturated rings. The van der Waals surface area contributed by atoms with Crippen molar-refractivity contribution in [2.24, 2.45) is 0 Å². The van der Waals surface area contributed by atoms with Crippen molar-refractivity contribution in [1.82, 2.24) is 0 Å². The van der Waals surface area contributed by atoms with Crippen LogP contribution in [-0.4, -0.2) is 26.8 Å². The van der Waals surface area contributed by atoms with Gasteiger partial charge in [-0.2, -0.15) is 0 Å². The molecule has 1 aromatic rings. The molecule has 0 unspecified atom stereocenters. The summed E-state index contributed by atoms with van der Waals surface area (Å²) in [4.78, 5) is 10.9. The van der Waals surface area contributed by atoms with Crippen molar-refractivity contribution in [3.8, 4) is 11.5 Å². The Bertz CT molecular complexity index is 421. The third-order valence-electron chi connectivity index (χ3n) is 2.22. The van der Waals surface area contributed by atoms with Crippen molar-refractivity contribution in [2.45, 2.75) is 12.8 Å². The van der Waals surface area contributed by atoms with Gasteiger partial charge in [-0.15, -0.1) is 0 Å². The fraction of sp³-hybridized carbons (Fsp3) is 0.417. The van der Waals surface area contributed by atoms with Gasteiger partial charge in [0.1, 0.15) is 11.5 Å². The number of carbonyl (C=O) groups is 1. The quantitative estimate of drug-likeness (QED) is 0.558. The predicted molar refractivity (Wildman–Crippen MR) is 75.1 cm³/mol. The summed E-state index contributed by atoms with van der Waals surface area (Å²) in [5, 5.41) is 0. The van der Waals surface area contributed by atoms with Crippen molar-refractivity contribution in [2.75, 3.05) is 20.8 Å². The molecule has 0 aliphatic carbocycles. The van der Waals surface area contributed by atoms with Gasteiger partial charge in [0.25, 0.3) is 0 Å². The van der Waals surface area contributed by atoms with Gasteiger partial charge in [-0.25, -0.2) is 0 Å². The lowest BCUT2D eigenvalue weighted by Crippen LogP contribution is -2.04. The van der Waals surface area contributed by atoms with Crippen LogP contribution in [0, 0.1) is 0 Å². The molecule has 6 heteroatoms. The Morgan fingerprint density at radius 3 is 2.39 bits per heavy atom. The lowest BCUT2D eigenvalue weighted by molar-refractivity contribution is -0.140. The number of methoxy groups -OCH3 is 2. The van der Waals surface area contributed by atoms with Crippen molar-refractivity contribution < 1.29 is 19.0 Å². The molecular formula is C12H14Br2O4. The number of rotatable bonds is 6. The van der Waals surface area contributed by atoms with Crippen molar-refractivity contribution in [3.05, 3.63) is 21.1 Å². The first-order chi connectivity index (χ1) is 8.58. The number of esters is 1. The first kappa shape index (κ1) is 15.3. The van der Waals surface area contributed by atoms with Gasteiger partial charge in [-0.3, -0.25) is 4.79 Å². The molecule has 0 aliphatic heterocycles. The first-order valence-electron chi connectivity index (χ1n) is 5.31. The van der Waals surface area contributed by atoms with Crippen molar-refractivity contribution in [3.63, 3.8) is 0 Å². The molecule has 18 heavy (non-hydrogen) atoms. The van der Waals surface area contributed by atoms with Crippen LogP contribution >= 0.6 is 31.9 Å². The van der Waals surface area contributed by atoms with Gasteiger partial charge in [-0.05, 0) is 50.4 Å². The predicted octanol–water partition coefficient (Wildman–Crippen LogP) is 3.55. The van der Waals surface area contributed by atoms with Gasteiger partial charge in [0, 0.05) is 6.42 Å². The number of benzene rings is 1. The molecule has 4 nitrogen and oxygen atoms in total. The fourth-order valence-electron chi connectivity index (χ4n) is 1.28. The number of halogens is 2. The molecule has 100 valence electrons. The zero-order valence-electron chi connectivity index (χ0n) is 10.2. The minimum absolute atomic E-state index is 0.228. The molecule has 1 aromatic carbocycles. The lowest BCUT2D eigenvalue weighted by atomic mass is 10.3. The van der Waals surface area contributed by atoms with Crippen LogP contribution in [0.2, 0.25) is 0 Å². The van der Waals surface area contributed by atoms with Crippen LogP contribution in [0.25, 0.3) is 0 Å². The molecule has 0 N–H and O–H groups in total. The van der Waals surface area contributed by atoms with Crippen LogP contribution in [0.1, 0.15) is 12.8 Å². The summed E-state index contributed by atoms with van der Waals surface area (Å²) in [6.07, 6.45) is 0.966. The zero-order chi connectivity index (χ0) is 13.5. The van der Waals surface area contributed by atoms with E-state index in [2.05, 4.69) is 36.6 Å². The van der Waals surface area contributed by atoms with Crippen molar-refractivity contribution in [1.29, 1.82) is 0 Å². The van der Waals surface area contributed by atoms with Gasteiger partial charge in [-0.1, -0.05) is 0 Å². The summed E-state index contributed by atoms with van der Waals surface area (Å²) in [6.45, 7) is 0.451. The van der Waals surface area contributed by atoms with Crippen molar-refractivity contribution >= 4 is 37.8 Å². The van der Waals surface area contributed by atoms with Crippen LogP contribution in [0.15, 0.2) is 21.1 Å². The van der Waals surface area contributed by atoms with E-state index < -0.39 is 0 Å². The van der Waals surface area contributed by atoms with E-state index >= 15 is 0 Å². The van der Waals surface area contributed by atoms with E-state index in [1.807, 2.05) is 12.1 Å². The molecule has 0 spiro atoms. The second kappa shape index (κ2) is 7.63. The van der Waals surface area contributed by atoms with E-state index in [0.29, 0.717) is 25.2 Å². The normalized spacial score (nSPS) is 10.0. The van der Waals surface area contributed by atoms with E-state index in [9.17, 15) is 4.79 Å². The third kappa shape index (κ3) is 4.49. The first-order valence-corrected chi connectivity index (χ1v) is 6.89. The molecule has 0 amide bonds. The Kier molecular flexibility index (Phi) is 6.49. The lowest BCUT2D eigenvalue weighted by Gasteiger charge is -2.10. The average molecular weight is 382 g/mol. The van der Waals surface area contributed by atoms with Gasteiger partial charge >= 0.3 is 5.97 Å². The second-order valence-electron chi connectivity index (χ2n) is 3.45. The largest absolute Gasteiger partial charge is 0.496 e. The maximum atomic E-state index is 10.9. The molecule has 1 rings (SSSR count). The van der Waals surface area contributed by atoms with Gasteiger partial charge in [0.2, 0.25) is 0 Å². The maximum Gasteiger partial charge on any atom is 0.305 e. The summed E-state index contributed by atoms with van der Waals surface area (Å²) >= 11 is 6.78. The molecular weight excluding hydrogens is 368 g/mol. The van der Waals surface area contributed by atoms with Crippen LogP contribution in [0.4, 0.5) is 0 Å². The van der Waals surface area contributed by atoms with E-state index in [0.717, 1.165) is 14.7 Å². The highest BCUT2D eigenvalue weighted by Crippen LogP contribution is 2.36. The van der Waals surface area contributed by atoms with E-state index in [1.165, 1.54) is 7.11 Å². The highest BCUT2D eigenvalue weighted by Gasteiger charge is 2.08. The van der Waals surface area contributed by atoms with Gasteiger partial charge in [0.15, 0.2) is 0 Å². The smallest absolute Gasteiger partial charge is 0.305 e. The molecule has 0 aromatic heterocycles. The van der Waals surface area contributed by atoms with Crippen LogP contribution in [0.3, 0.4) is 0 Å². The Morgan fingerprint density at radius 1 is 1.17 bits per heavy atom. The van der Waals surface area contributed by atoms with Crippen LogP contribution in [-0.2, 0) is 9.53 Å². The molecule has 0 radical (unpaired) electrons. The standard InChI is InChI=1S/C12H14Br2O4/c1-16-10-6-9(14)11(7-8(10)13)18-5-3-4-12(15)17-2/h6-7H,3-5H2,1-2H3. The van der Waals surface area contributed by atoms with Crippen LogP contribution < -0.4 is 9.47 Å². The zero-order valence-corrected chi connectivity index (χ0v) is 13.3. The number of hydrogen-bond donors (Lipinski definition) is 0. The van der Waals surface area contributed by atoms with Crippen LogP contribution in [0.5, 0.6) is 11.5 Å². The number of ether oxygens (including phenoxy) is 3. The van der Waals surface area contributed by atoms with E-state index in [-0.39, 0.29) is 5.97 Å². The van der Waals surface area contributed by atoms with Gasteiger partial charge < -0.3 is 14.2 Å². The molecule has 0 atom stereocenters. The molecule has 0 heterocycles. The SMILES string of the molecule is COC(=O)CCCOc1cc(Br)c(OC)cc1Br. The van der Waals surface area contributed by atoms with E-state index in [4.69, 9.17) is 9.47 Å². The summed E-state index contributed by atoms with van der Waals surface area (Å²) in [5.41, 5.74) is 0. The minimum Gasteiger partial charge on any atom is -0.496 e. The Morgan fingerprint density at radius 2 is 1.78 bits per heavy atom. The van der Waals surface area contributed by atoms with E-state index in [1.54, 1.807) is 7.11 Å². The molecule has 0 saturated heterocycles. The summed E-state index contributed by atoms with van der Waals surface area (Å²) in [5.74, 6) is 1.20. The Labute approximate surface area is 123 Å². The molecule has 0 saturated carbocycles. The molecule has 0 bridgehead atoms. The fourth-order valence-corrected chi connectivity index (χ4v) is 2.20. The third-order valence-corrected chi connectivity index (χ3v) is 3.46. The maximum absolute atomic E-state index is 10.9. The minimum atomic E-state index is -0.228. The van der Waals surface area contributed by atoms with Gasteiger partial charge in [0.05, 0.1) is 29.8 Å². The topological polar surface area (TPSA) is 44.8 Å². The summed E-state index contributed by atoms with van der Waals surface area (Å²) in [6, 6.07) is 3.64. The molecule has 0 aliphatic rings. The Balaban J connectivity index is 2.52. The summed E-state index contributed by atoms with van der Waals surface area (Å²) < 4.78 is 16.9.